The molecule has 148 valence electrons. The van der Waals surface area contributed by atoms with Crippen molar-refractivity contribution in [1.29, 1.82) is 0 Å². The van der Waals surface area contributed by atoms with Crippen LogP contribution in [0.4, 0.5) is 5.82 Å². The number of nitrogen functional groups attached to an aromatic ring is 1. The van der Waals surface area contributed by atoms with Crippen molar-refractivity contribution in [3.8, 4) is 11.4 Å². The molecule has 28 heavy (non-hydrogen) atoms. The topological polar surface area (TPSA) is 51.8 Å². The molecule has 0 fully saturated rings. The Bertz CT molecular complexity index is 858. The van der Waals surface area contributed by atoms with E-state index in [1.54, 1.807) is 0 Å². The third-order valence-electron chi connectivity index (χ3n) is 5.48. The number of benzene rings is 1. The zero-order chi connectivity index (χ0) is 19.6. The number of nitrogens with zero attached hydrogens (tertiary/aromatic N) is 2. The molecule has 0 unspecified atom stereocenters. The van der Waals surface area contributed by atoms with E-state index in [9.17, 15) is 0 Å². The zero-order valence-electron chi connectivity index (χ0n) is 17.2. The van der Waals surface area contributed by atoms with Crippen LogP contribution in [0.2, 0.25) is 0 Å². The molecule has 3 heteroatoms. The van der Waals surface area contributed by atoms with E-state index in [0.29, 0.717) is 5.82 Å². The van der Waals surface area contributed by atoms with Crippen LogP contribution in [0.15, 0.2) is 48.7 Å². The fourth-order valence-corrected chi connectivity index (χ4v) is 3.93. The van der Waals surface area contributed by atoms with Gasteiger partial charge in [-0.15, -0.1) is 0 Å². The Labute approximate surface area is 169 Å². The van der Waals surface area contributed by atoms with Crippen molar-refractivity contribution in [3.63, 3.8) is 0 Å². The first-order valence-corrected chi connectivity index (χ1v) is 10.9. The summed E-state index contributed by atoms with van der Waals surface area (Å²) in [7, 11) is 0. The van der Waals surface area contributed by atoms with Crippen LogP contribution in [-0.2, 0) is 6.42 Å². The molecular formula is C25H33N3. The van der Waals surface area contributed by atoms with Crippen LogP contribution in [0, 0.1) is 0 Å². The molecule has 3 nitrogen and oxygen atoms in total. The van der Waals surface area contributed by atoms with Gasteiger partial charge in [-0.05, 0) is 35.9 Å². The standard InChI is InChI=1S/C25H33N3/c1-2-3-4-5-6-7-8-9-10-16-21-20-15-11-12-17-22(20)25(26)28-24(21)23-18-13-14-19-27-23/h11-15,17-19H,2-10,16H2,1H3,(H2,26,28). The van der Waals surface area contributed by atoms with E-state index in [1.807, 2.05) is 30.5 Å². The Morgan fingerprint density at radius 2 is 1.39 bits per heavy atom. The summed E-state index contributed by atoms with van der Waals surface area (Å²) in [5, 5.41) is 2.27. The SMILES string of the molecule is CCCCCCCCCCCc1c(-c2ccccn2)nc(N)c2ccccc12. The van der Waals surface area contributed by atoms with Gasteiger partial charge in [0.2, 0.25) is 0 Å². The second-order valence-corrected chi connectivity index (χ2v) is 7.66. The lowest BCUT2D eigenvalue weighted by atomic mass is 9.96. The van der Waals surface area contributed by atoms with Crippen LogP contribution >= 0.6 is 0 Å². The minimum Gasteiger partial charge on any atom is -0.383 e. The molecule has 3 aromatic rings. The van der Waals surface area contributed by atoms with Crippen molar-refractivity contribution < 1.29 is 0 Å². The van der Waals surface area contributed by atoms with Crippen LogP contribution in [0.3, 0.4) is 0 Å². The summed E-state index contributed by atoms with van der Waals surface area (Å²) in [5.41, 5.74) is 9.40. The molecule has 0 radical (unpaired) electrons. The molecule has 0 aliphatic rings. The van der Waals surface area contributed by atoms with Gasteiger partial charge < -0.3 is 5.73 Å². The quantitative estimate of drug-likeness (QED) is 0.369. The van der Waals surface area contributed by atoms with Crippen molar-refractivity contribution in [3.05, 3.63) is 54.2 Å². The smallest absolute Gasteiger partial charge is 0.132 e. The third kappa shape index (κ3) is 5.31. The van der Waals surface area contributed by atoms with Gasteiger partial charge in [0.25, 0.3) is 0 Å². The number of anilines is 1. The van der Waals surface area contributed by atoms with Crippen LogP contribution in [0.1, 0.15) is 70.3 Å². The summed E-state index contributed by atoms with van der Waals surface area (Å²) in [6.45, 7) is 2.27. The number of nitrogens with two attached hydrogens (primary N) is 1. The molecule has 0 saturated heterocycles. The Morgan fingerprint density at radius 1 is 0.750 bits per heavy atom. The number of aromatic nitrogens is 2. The van der Waals surface area contributed by atoms with Gasteiger partial charge in [0.15, 0.2) is 0 Å². The van der Waals surface area contributed by atoms with Gasteiger partial charge in [-0.1, -0.05) is 88.6 Å². The van der Waals surface area contributed by atoms with Gasteiger partial charge in [0.1, 0.15) is 5.82 Å². The largest absolute Gasteiger partial charge is 0.383 e. The number of fused-ring (bicyclic) bond motifs is 1. The summed E-state index contributed by atoms with van der Waals surface area (Å²) in [6, 6.07) is 14.3. The van der Waals surface area contributed by atoms with Crippen molar-refractivity contribution in [1.82, 2.24) is 9.97 Å². The number of unbranched alkanes of at least 4 members (excludes halogenated alkanes) is 8. The van der Waals surface area contributed by atoms with Gasteiger partial charge in [0.05, 0.1) is 11.4 Å². The van der Waals surface area contributed by atoms with Gasteiger partial charge >= 0.3 is 0 Å². The van der Waals surface area contributed by atoms with Crippen molar-refractivity contribution >= 4 is 16.6 Å². The molecule has 0 atom stereocenters. The first-order valence-electron chi connectivity index (χ1n) is 10.9. The van der Waals surface area contributed by atoms with E-state index < -0.39 is 0 Å². The molecular weight excluding hydrogens is 342 g/mol. The lowest BCUT2D eigenvalue weighted by Crippen LogP contribution is -2.02. The summed E-state index contributed by atoms with van der Waals surface area (Å²) in [6.07, 6.45) is 14.9. The number of aryl methyl sites for hydroxylation is 1. The molecule has 0 saturated carbocycles. The molecule has 0 spiro atoms. The van der Waals surface area contributed by atoms with E-state index in [0.717, 1.165) is 23.2 Å². The Kier molecular flexibility index (Phi) is 7.83. The van der Waals surface area contributed by atoms with Gasteiger partial charge in [-0.25, -0.2) is 4.98 Å². The Morgan fingerprint density at radius 3 is 2.07 bits per heavy atom. The fraction of sp³-hybridized carbons (Fsp3) is 0.440. The second-order valence-electron chi connectivity index (χ2n) is 7.66. The molecule has 1 aromatic carbocycles. The van der Waals surface area contributed by atoms with Gasteiger partial charge in [-0.2, -0.15) is 0 Å². The lowest BCUT2D eigenvalue weighted by Gasteiger charge is -2.14. The second kappa shape index (κ2) is 10.8. The fourth-order valence-electron chi connectivity index (χ4n) is 3.93. The average Bonchev–Trinajstić information content (AvgIpc) is 2.74. The van der Waals surface area contributed by atoms with Crippen molar-refractivity contribution in [2.24, 2.45) is 0 Å². The Balaban J connectivity index is 1.68. The monoisotopic (exact) mass is 375 g/mol. The average molecular weight is 376 g/mol. The number of rotatable bonds is 11. The molecule has 0 amide bonds. The summed E-state index contributed by atoms with van der Waals surface area (Å²) in [5.74, 6) is 0.590. The highest BCUT2D eigenvalue weighted by molar-refractivity contribution is 5.96. The van der Waals surface area contributed by atoms with Crippen molar-refractivity contribution in [2.45, 2.75) is 71.1 Å². The van der Waals surface area contributed by atoms with E-state index in [1.165, 1.54) is 68.7 Å². The van der Waals surface area contributed by atoms with E-state index >= 15 is 0 Å². The van der Waals surface area contributed by atoms with E-state index in [-0.39, 0.29) is 0 Å². The Hall–Kier alpha value is -2.42. The maximum absolute atomic E-state index is 6.27. The normalized spacial score (nSPS) is 11.2. The summed E-state index contributed by atoms with van der Waals surface area (Å²) >= 11 is 0. The first kappa shape index (κ1) is 20.3. The van der Waals surface area contributed by atoms with Gasteiger partial charge in [0, 0.05) is 11.6 Å². The van der Waals surface area contributed by atoms with Crippen LogP contribution in [-0.4, -0.2) is 9.97 Å². The minimum absolute atomic E-state index is 0.590. The molecule has 3 rings (SSSR count). The third-order valence-corrected chi connectivity index (χ3v) is 5.48. The molecule has 0 aliphatic carbocycles. The molecule has 0 bridgehead atoms. The predicted molar refractivity (Wildman–Crippen MR) is 120 cm³/mol. The van der Waals surface area contributed by atoms with Crippen molar-refractivity contribution in [2.75, 3.05) is 5.73 Å². The molecule has 2 heterocycles. The molecule has 0 aliphatic heterocycles. The highest BCUT2D eigenvalue weighted by Crippen LogP contribution is 2.32. The van der Waals surface area contributed by atoms with Crippen LogP contribution in [0.5, 0.6) is 0 Å². The maximum Gasteiger partial charge on any atom is 0.132 e. The predicted octanol–water partition coefficient (Wildman–Crippen LogP) is 6.95. The van der Waals surface area contributed by atoms with Gasteiger partial charge in [-0.3, -0.25) is 4.98 Å². The highest BCUT2D eigenvalue weighted by Gasteiger charge is 2.14. The van der Waals surface area contributed by atoms with Crippen LogP contribution < -0.4 is 5.73 Å². The highest BCUT2D eigenvalue weighted by atomic mass is 14.9. The number of hydrogen-bond donors (Lipinski definition) is 1. The minimum atomic E-state index is 0.590. The number of hydrogen-bond acceptors (Lipinski definition) is 3. The van der Waals surface area contributed by atoms with E-state index in [2.05, 4.69) is 30.1 Å². The number of pyridine rings is 2. The molecule has 2 N–H and O–H groups in total. The lowest BCUT2D eigenvalue weighted by molar-refractivity contribution is 0.565. The summed E-state index contributed by atoms with van der Waals surface area (Å²) < 4.78 is 0. The molecule has 2 aromatic heterocycles. The maximum atomic E-state index is 6.27. The zero-order valence-corrected chi connectivity index (χ0v) is 17.2. The summed E-state index contributed by atoms with van der Waals surface area (Å²) in [4.78, 5) is 9.28. The van der Waals surface area contributed by atoms with Crippen LogP contribution in [0.25, 0.3) is 22.2 Å². The first-order chi connectivity index (χ1) is 13.8. The van der Waals surface area contributed by atoms with E-state index in [4.69, 9.17) is 10.7 Å².